The number of amides is 2. The zero-order chi connectivity index (χ0) is 25.7. The molecule has 0 N–H and O–H groups in total. The Morgan fingerprint density at radius 3 is 2.36 bits per heavy atom. The summed E-state index contributed by atoms with van der Waals surface area (Å²) in [7, 11) is 0.339. The molecule has 0 radical (unpaired) electrons. The summed E-state index contributed by atoms with van der Waals surface area (Å²) < 4.78 is 28.6. The van der Waals surface area contributed by atoms with Gasteiger partial charge < -0.3 is 9.80 Å². The number of para-hydroxylation sites is 1. The molecule has 2 bridgehead atoms. The van der Waals surface area contributed by atoms with Crippen LogP contribution in [-0.2, 0) is 19.6 Å². The van der Waals surface area contributed by atoms with Gasteiger partial charge in [0.1, 0.15) is 0 Å². The SMILES string of the molecule is CN1C(=O)[C@@]23C[C@](C)(C#N)[C@H](c4cn(S(=O)(=O)c5ccccc5)c5ccccc45)N2C(=O)C1(C)SS3. The molecule has 4 aliphatic rings. The molecule has 7 rings (SSSR count). The van der Waals surface area contributed by atoms with Crippen molar-refractivity contribution in [2.24, 2.45) is 5.41 Å². The van der Waals surface area contributed by atoms with Gasteiger partial charge in [-0.25, -0.2) is 12.4 Å². The van der Waals surface area contributed by atoms with Crippen LogP contribution in [0.3, 0.4) is 0 Å². The van der Waals surface area contributed by atoms with E-state index in [2.05, 4.69) is 6.07 Å². The Morgan fingerprint density at radius 2 is 1.67 bits per heavy atom. The van der Waals surface area contributed by atoms with Crippen molar-refractivity contribution in [3.63, 3.8) is 0 Å². The minimum Gasteiger partial charge on any atom is -0.319 e. The lowest BCUT2D eigenvalue weighted by Gasteiger charge is -2.57. The van der Waals surface area contributed by atoms with Crippen LogP contribution in [0.4, 0.5) is 0 Å². The summed E-state index contributed by atoms with van der Waals surface area (Å²) in [5, 5.41) is 11.0. The number of hydrogen-bond donors (Lipinski definition) is 0. The monoisotopic (exact) mass is 538 g/mol. The first-order chi connectivity index (χ1) is 17.0. The second-order valence-electron chi connectivity index (χ2n) is 9.80. The maximum atomic E-state index is 14.0. The van der Waals surface area contributed by atoms with Crippen LogP contribution in [0.25, 0.3) is 10.9 Å². The third-order valence-electron chi connectivity index (χ3n) is 7.65. The Kier molecular flexibility index (Phi) is 4.76. The van der Waals surface area contributed by atoms with Crippen LogP contribution >= 0.6 is 21.6 Å². The van der Waals surface area contributed by atoms with Gasteiger partial charge in [-0.3, -0.25) is 9.59 Å². The van der Waals surface area contributed by atoms with Crippen molar-refractivity contribution in [2.75, 3.05) is 7.05 Å². The number of benzene rings is 2. The van der Waals surface area contributed by atoms with Crippen LogP contribution < -0.4 is 0 Å². The van der Waals surface area contributed by atoms with Crippen LogP contribution in [0.15, 0.2) is 65.7 Å². The fourth-order valence-electron chi connectivity index (χ4n) is 5.68. The molecule has 36 heavy (non-hydrogen) atoms. The van der Waals surface area contributed by atoms with Gasteiger partial charge in [0.05, 0.1) is 27.9 Å². The lowest BCUT2D eigenvalue weighted by atomic mass is 9.79. The summed E-state index contributed by atoms with van der Waals surface area (Å²) in [4.78, 5) is 28.4. The van der Waals surface area contributed by atoms with Gasteiger partial charge >= 0.3 is 0 Å². The molecule has 5 heterocycles. The normalized spacial score (nSPS) is 31.7. The predicted octanol–water partition coefficient (Wildman–Crippen LogP) is 3.96. The Balaban J connectivity index is 1.62. The summed E-state index contributed by atoms with van der Waals surface area (Å²) >= 11 is 0. The molecule has 1 aromatic heterocycles. The highest BCUT2D eigenvalue weighted by Gasteiger charge is 2.75. The number of carbonyl (C=O) groups excluding carboxylic acids is 2. The first kappa shape index (κ1) is 23.5. The van der Waals surface area contributed by atoms with Crippen molar-refractivity contribution >= 4 is 54.3 Å². The standard InChI is InChI=1S/C25H22N4O4S3/c1-23(15-26)14-25-22(31)27(3)24(2,34-35-25)21(30)29(25)20(23)18-13-28(19-12-8-7-11-17(18)19)36(32,33)16-9-5-4-6-10-16/h4-13,20H,14H2,1-3H3/t20-,23+,24?,25-/m0/s1. The Labute approximate surface area is 216 Å². The lowest BCUT2D eigenvalue weighted by Crippen LogP contribution is -2.73. The fraction of sp³-hybridized carbons (Fsp3) is 0.320. The number of fused-ring (bicyclic) bond motifs is 3. The minimum absolute atomic E-state index is 0.132. The van der Waals surface area contributed by atoms with Gasteiger partial charge in [-0.05, 0) is 32.0 Å². The van der Waals surface area contributed by atoms with Gasteiger partial charge in [0.15, 0.2) is 9.74 Å². The van der Waals surface area contributed by atoms with E-state index in [-0.39, 0.29) is 23.1 Å². The molecule has 1 unspecified atom stereocenters. The highest BCUT2D eigenvalue weighted by molar-refractivity contribution is 8.78. The second-order valence-corrected chi connectivity index (χ2v) is 14.4. The number of rotatable bonds is 3. The summed E-state index contributed by atoms with van der Waals surface area (Å²) in [5.74, 6) is -0.460. The molecular weight excluding hydrogens is 517 g/mol. The fourth-order valence-corrected chi connectivity index (χ4v) is 10.7. The molecule has 4 fully saturated rings. The number of nitriles is 1. The van der Waals surface area contributed by atoms with Gasteiger partial charge in [0.25, 0.3) is 21.8 Å². The van der Waals surface area contributed by atoms with E-state index in [1.165, 1.54) is 48.8 Å². The van der Waals surface area contributed by atoms with Gasteiger partial charge in [0, 0.05) is 30.6 Å². The van der Waals surface area contributed by atoms with Gasteiger partial charge in [-0.2, -0.15) is 5.26 Å². The second kappa shape index (κ2) is 7.31. The topological polar surface area (TPSA) is 103 Å². The maximum Gasteiger partial charge on any atom is 0.268 e. The third-order valence-corrected chi connectivity index (χ3v) is 13.0. The quantitative estimate of drug-likeness (QED) is 0.465. The van der Waals surface area contributed by atoms with E-state index < -0.39 is 31.2 Å². The number of hydrogen-bond acceptors (Lipinski definition) is 7. The maximum absolute atomic E-state index is 14.0. The molecule has 4 atom stereocenters. The smallest absolute Gasteiger partial charge is 0.268 e. The van der Waals surface area contributed by atoms with Crippen LogP contribution in [0, 0.1) is 16.7 Å². The van der Waals surface area contributed by atoms with E-state index in [9.17, 15) is 23.3 Å². The predicted molar refractivity (Wildman–Crippen MR) is 138 cm³/mol. The molecule has 2 aromatic carbocycles. The molecule has 0 saturated carbocycles. The van der Waals surface area contributed by atoms with Crippen molar-refractivity contribution in [1.29, 1.82) is 5.26 Å². The number of likely N-dealkylation sites (N-methyl/N-ethyl adjacent to an activating group) is 1. The molecule has 8 nitrogen and oxygen atoms in total. The van der Waals surface area contributed by atoms with E-state index in [1.807, 2.05) is 0 Å². The van der Waals surface area contributed by atoms with Crippen LogP contribution in [0.1, 0.15) is 31.9 Å². The zero-order valence-corrected chi connectivity index (χ0v) is 22.2. The van der Waals surface area contributed by atoms with Gasteiger partial charge in [-0.15, -0.1) is 0 Å². The van der Waals surface area contributed by atoms with Crippen LogP contribution in [0.2, 0.25) is 0 Å². The number of aromatic nitrogens is 1. The van der Waals surface area contributed by atoms with Crippen molar-refractivity contribution in [1.82, 2.24) is 13.8 Å². The molecule has 4 aliphatic heterocycles. The van der Waals surface area contributed by atoms with Crippen molar-refractivity contribution in [2.45, 2.75) is 40.9 Å². The van der Waals surface area contributed by atoms with E-state index >= 15 is 0 Å². The average Bonchev–Trinajstić information content (AvgIpc) is 3.39. The van der Waals surface area contributed by atoms with Crippen molar-refractivity contribution < 1.29 is 18.0 Å². The highest BCUT2D eigenvalue weighted by Crippen LogP contribution is 2.69. The molecule has 184 valence electrons. The Bertz CT molecular complexity index is 1610. The minimum atomic E-state index is -3.96. The van der Waals surface area contributed by atoms with E-state index in [4.69, 9.17) is 0 Å². The summed E-state index contributed by atoms with van der Waals surface area (Å²) in [6, 6.07) is 16.8. The molecule has 4 saturated heterocycles. The first-order valence-corrected chi connectivity index (χ1v) is 14.9. The molecule has 1 spiro atoms. The van der Waals surface area contributed by atoms with Crippen LogP contribution in [0.5, 0.6) is 0 Å². The third kappa shape index (κ3) is 2.69. The van der Waals surface area contributed by atoms with E-state index in [1.54, 1.807) is 68.3 Å². The van der Waals surface area contributed by atoms with E-state index in [0.29, 0.717) is 16.5 Å². The van der Waals surface area contributed by atoms with Crippen molar-refractivity contribution in [3.05, 3.63) is 66.4 Å². The summed E-state index contributed by atoms with van der Waals surface area (Å²) in [5.41, 5.74) is -0.138. The average molecular weight is 539 g/mol. The zero-order valence-electron chi connectivity index (χ0n) is 19.7. The first-order valence-electron chi connectivity index (χ1n) is 11.3. The van der Waals surface area contributed by atoms with E-state index in [0.717, 1.165) is 0 Å². The molecule has 0 aliphatic carbocycles. The highest BCUT2D eigenvalue weighted by atomic mass is 33.1. The van der Waals surface area contributed by atoms with Gasteiger partial charge in [0.2, 0.25) is 0 Å². The van der Waals surface area contributed by atoms with Crippen LogP contribution in [-0.4, -0.2) is 50.8 Å². The van der Waals surface area contributed by atoms with Gasteiger partial charge in [-0.1, -0.05) is 58.0 Å². The number of piperazine rings is 1. The molecule has 2 amide bonds. The summed E-state index contributed by atoms with van der Waals surface area (Å²) in [6.45, 7) is 3.47. The lowest BCUT2D eigenvalue weighted by molar-refractivity contribution is -0.164. The number of nitrogens with zero attached hydrogens (tertiary/aromatic N) is 4. The van der Waals surface area contributed by atoms with Crippen molar-refractivity contribution in [3.8, 4) is 6.07 Å². The Morgan fingerprint density at radius 1 is 1.00 bits per heavy atom. The Hall–Kier alpha value is -2.94. The number of carbonyl (C=O) groups is 2. The molecular formula is C25H22N4O4S3. The molecule has 11 heteroatoms. The summed E-state index contributed by atoms with van der Waals surface area (Å²) in [6.07, 6.45) is 1.67. The molecule has 3 aromatic rings. The largest absolute Gasteiger partial charge is 0.319 e.